The van der Waals surface area contributed by atoms with E-state index in [1.165, 1.54) is 12.8 Å². The van der Waals surface area contributed by atoms with Crippen LogP contribution in [-0.4, -0.2) is 61.6 Å². The molecule has 2 heterocycles. The van der Waals surface area contributed by atoms with Crippen LogP contribution in [-0.2, 0) is 4.74 Å². The van der Waals surface area contributed by atoms with Gasteiger partial charge < -0.3 is 14.5 Å². The minimum absolute atomic E-state index is 0.144. The molecule has 1 atom stereocenters. The standard InChI is InChI=1S/C16H24N2O2S/c1-12-10-21-11-15(12)16(19)18(7-13-3-4-13)9-14-8-17(2)5-6-20-14/h10-11,13-14H,3-9H2,1-2H3. The van der Waals surface area contributed by atoms with Gasteiger partial charge in [-0.15, -0.1) is 0 Å². The fraction of sp³-hybridized carbons (Fsp3) is 0.688. The van der Waals surface area contributed by atoms with Crippen LogP contribution in [0.15, 0.2) is 10.8 Å². The highest BCUT2D eigenvalue weighted by Crippen LogP contribution is 2.31. The fourth-order valence-electron chi connectivity index (χ4n) is 2.83. The van der Waals surface area contributed by atoms with E-state index >= 15 is 0 Å². The summed E-state index contributed by atoms with van der Waals surface area (Å²) in [5, 5.41) is 4.03. The Morgan fingerprint density at radius 1 is 1.43 bits per heavy atom. The van der Waals surface area contributed by atoms with Crippen LogP contribution in [0.5, 0.6) is 0 Å². The first-order valence-corrected chi connectivity index (χ1v) is 8.70. The molecule has 2 aliphatic rings. The maximum atomic E-state index is 12.8. The molecule has 4 nitrogen and oxygen atoms in total. The lowest BCUT2D eigenvalue weighted by molar-refractivity contribution is -0.0331. The molecule has 0 radical (unpaired) electrons. The minimum Gasteiger partial charge on any atom is -0.374 e. The zero-order valence-corrected chi connectivity index (χ0v) is 13.7. The molecule has 116 valence electrons. The van der Waals surface area contributed by atoms with Crippen molar-refractivity contribution in [2.24, 2.45) is 5.92 Å². The second-order valence-electron chi connectivity index (χ2n) is 6.38. The van der Waals surface area contributed by atoms with Crippen LogP contribution < -0.4 is 0 Å². The normalized spacial score (nSPS) is 23.2. The number of carbonyl (C=O) groups is 1. The highest BCUT2D eigenvalue weighted by atomic mass is 32.1. The van der Waals surface area contributed by atoms with Crippen LogP contribution in [0.2, 0.25) is 0 Å². The van der Waals surface area contributed by atoms with E-state index in [0.717, 1.165) is 43.9 Å². The Morgan fingerprint density at radius 2 is 2.24 bits per heavy atom. The molecule has 21 heavy (non-hydrogen) atoms. The number of amides is 1. The van der Waals surface area contributed by atoms with E-state index in [1.807, 2.05) is 22.6 Å². The van der Waals surface area contributed by atoms with E-state index < -0.39 is 0 Å². The number of rotatable bonds is 5. The average Bonchev–Trinajstić information content (AvgIpc) is 3.17. The van der Waals surface area contributed by atoms with Gasteiger partial charge in [0, 0.05) is 31.6 Å². The molecule has 1 amide bonds. The summed E-state index contributed by atoms with van der Waals surface area (Å²) < 4.78 is 5.85. The molecule has 1 aromatic rings. The summed E-state index contributed by atoms with van der Waals surface area (Å²) in [6, 6.07) is 0. The van der Waals surface area contributed by atoms with E-state index in [4.69, 9.17) is 4.74 Å². The van der Waals surface area contributed by atoms with Gasteiger partial charge in [-0.1, -0.05) is 0 Å². The maximum Gasteiger partial charge on any atom is 0.255 e. The number of ether oxygens (including phenoxy) is 1. The summed E-state index contributed by atoms with van der Waals surface area (Å²) >= 11 is 1.61. The molecule has 0 spiro atoms. The lowest BCUT2D eigenvalue weighted by Gasteiger charge is -2.34. The molecule has 1 saturated carbocycles. The maximum absolute atomic E-state index is 12.8. The van der Waals surface area contributed by atoms with E-state index in [-0.39, 0.29) is 12.0 Å². The number of thiophene rings is 1. The molecule has 0 N–H and O–H groups in total. The number of morpholine rings is 1. The van der Waals surface area contributed by atoms with Crippen LogP contribution in [0, 0.1) is 12.8 Å². The lowest BCUT2D eigenvalue weighted by atomic mass is 10.1. The Hall–Kier alpha value is -0.910. The Kier molecular flexibility index (Phi) is 4.62. The van der Waals surface area contributed by atoms with Gasteiger partial charge in [0.15, 0.2) is 0 Å². The van der Waals surface area contributed by atoms with E-state index in [2.05, 4.69) is 11.9 Å². The average molecular weight is 308 g/mol. The molecule has 1 aliphatic carbocycles. The number of aryl methyl sites for hydroxylation is 1. The van der Waals surface area contributed by atoms with Crippen molar-refractivity contribution in [3.8, 4) is 0 Å². The van der Waals surface area contributed by atoms with Gasteiger partial charge in [-0.3, -0.25) is 4.79 Å². The van der Waals surface area contributed by atoms with Crippen molar-refractivity contribution < 1.29 is 9.53 Å². The molecule has 0 aromatic carbocycles. The molecule has 3 rings (SSSR count). The van der Waals surface area contributed by atoms with Crippen LogP contribution in [0.1, 0.15) is 28.8 Å². The van der Waals surface area contributed by atoms with Crippen LogP contribution in [0.4, 0.5) is 0 Å². The van der Waals surface area contributed by atoms with Crippen molar-refractivity contribution in [3.05, 3.63) is 21.9 Å². The summed E-state index contributed by atoms with van der Waals surface area (Å²) in [4.78, 5) is 17.1. The monoisotopic (exact) mass is 308 g/mol. The summed E-state index contributed by atoms with van der Waals surface area (Å²) in [6.07, 6.45) is 2.67. The molecule has 1 aliphatic heterocycles. The zero-order chi connectivity index (χ0) is 14.8. The van der Waals surface area contributed by atoms with Gasteiger partial charge in [-0.2, -0.15) is 11.3 Å². The van der Waals surface area contributed by atoms with Gasteiger partial charge in [-0.25, -0.2) is 0 Å². The Morgan fingerprint density at radius 3 is 2.86 bits per heavy atom. The SMILES string of the molecule is Cc1cscc1C(=O)N(CC1CC1)CC1CN(C)CCO1. The van der Waals surface area contributed by atoms with Crippen molar-refractivity contribution in [2.75, 3.05) is 39.8 Å². The van der Waals surface area contributed by atoms with E-state index in [9.17, 15) is 4.79 Å². The lowest BCUT2D eigenvalue weighted by Crippen LogP contribution is -2.48. The summed E-state index contributed by atoms with van der Waals surface area (Å²) in [6.45, 7) is 6.29. The largest absolute Gasteiger partial charge is 0.374 e. The first-order chi connectivity index (χ1) is 10.1. The minimum atomic E-state index is 0.144. The Bertz CT molecular complexity index is 498. The first-order valence-electron chi connectivity index (χ1n) is 7.75. The molecular formula is C16H24N2O2S. The van der Waals surface area contributed by atoms with E-state index in [1.54, 1.807) is 11.3 Å². The molecule has 1 saturated heterocycles. The van der Waals surface area contributed by atoms with Crippen molar-refractivity contribution in [3.63, 3.8) is 0 Å². The molecule has 1 aromatic heterocycles. The molecule has 1 unspecified atom stereocenters. The number of hydrogen-bond acceptors (Lipinski definition) is 4. The van der Waals surface area contributed by atoms with Gasteiger partial charge in [0.25, 0.3) is 5.91 Å². The van der Waals surface area contributed by atoms with Gasteiger partial charge in [0.05, 0.1) is 18.3 Å². The van der Waals surface area contributed by atoms with Crippen molar-refractivity contribution in [1.29, 1.82) is 0 Å². The predicted molar refractivity (Wildman–Crippen MR) is 84.9 cm³/mol. The third-order valence-corrected chi connectivity index (χ3v) is 5.18. The Labute approximate surface area is 130 Å². The van der Waals surface area contributed by atoms with Crippen LogP contribution >= 0.6 is 11.3 Å². The zero-order valence-electron chi connectivity index (χ0n) is 12.9. The van der Waals surface area contributed by atoms with Gasteiger partial charge >= 0.3 is 0 Å². The summed E-state index contributed by atoms with van der Waals surface area (Å²) in [5.74, 6) is 0.881. The number of nitrogens with zero attached hydrogens (tertiary/aromatic N) is 2. The third kappa shape index (κ3) is 3.84. The van der Waals surface area contributed by atoms with Crippen LogP contribution in [0.3, 0.4) is 0 Å². The van der Waals surface area contributed by atoms with Crippen molar-refractivity contribution >= 4 is 17.2 Å². The van der Waals surface area contributed by atoms with Gasteiger partial charge in [0.2, 0.25) is 0 Å². The van der Waals surface area contributed by atoms with Crippen molar-refractivity contribution in [1.82, 2.24) is 9.80 Å². The van der Waals surface area contributed by atoms with Crippen molar-refractivity contribution in [2.45, 2.75) is 25.9 Å². The number of likely N-dealkylation sites (N-methyl/N-ethyl adjacent to an activating group) is 1. The van der Waals surface area contributed by atoms with E-state index in [0.29, 0.717) is 5.92 Å². The number of hydrogen-bond donors (Lipinski definition) is 0. The summed E-state index contributed by atoms with van der Waals surface area (Å²) in [7, 11) is 2.12. The van der Waals surface area contributed by atoms with Crippen LogP contribution in [0.25, 0.3) is 0 Å². The molecule has 2 fully saturated rings. The highest BCUT2D eigenvalue weighted by Gasteiger charge is 2.30. The van der Waals surface area contributed by atoms with Gasteiger partial charge in [-0.05, 0) is 43.7 Å². The molecule has 5 heteroatoms. The highest BCUT2D eigenvalue weighted by molar-refractivity contribution is 7.08. The predicted octanol–water partition coefficient (Wildman–Crippen LogP) is 2.24. The second kappa shape index (κ2) is 6.46. The molecular weight excluding hydrogens is 284 g/mol. The molecule has 0 bridgehead atoms. The van der Waals surface area contributed by atoms with Gasteiger partial charge in [0.1, 0.15) is 0 Å². The first kappa shape index (κ1) is 15.0. The quantitative estimate of drug-likeness (QED) is 0.836. The topological polar surface area (TPSA) is 32.8 Å². The third-order valence-electron chi connectivity index (χ3n) is 4.31. The smallest absolute Gasteiger partial charge is 0.255 e. The number of carbonyl (C=O) groups excluding carboxylic acids is 1. The second-order valence-corrected chi connectivity index (χ2v) is 7.12. The summed E-state index contributed by atoms with van der Waals surface area (Å²) in [5.41, 5.74) is 1.96. The fourth-order valence-corrected chi connectivity index (χ4v) is 3.65. The Balaban J connectivity index is 1.68.